The zero-order valence-corrected chi connectivity index (χ0v) is 17.2. The Bertz CT molecular complexity index is 875. The molecule has 2 aromatic rings. The van der Waals surface area contributed by atoms with Crippen LogP contribution >= 0.6 is 0 Å². The number of nitrogens with zero attached hydrogens (tertiary/aromatic N) is 3. The average Bonchev–Trinajstić information content (AvgIpc) is 2.71. The number of pyridine rings is 1. The van der Waals surface area contributed by atoms with Gasteiger partial charge in [0.1, 0.15) is 0 Å². The van der Waals surface area contributed by atoms with Gasteiger partial charge in [0, 0.05) is 49.2 Å². The van der Waals surface area contributed by atoms with E-state index in [1.807, 2.05) is 20.8 Å². The molecule has 1 aliphatic rings. The van der Waals surface area contributed by atoms with Crippen molar-refractivity contribution in [1.29, 1.82) is 0 Å². The van der Waals surface area contributed by atoms with Crippen molar-refractivity contribution in [1.82, 2.24) is 14.8 Å². The van der Waals surface area contributed by atoms with Gasteiger partial charge >= 0.3 is 6.03 Å². The van der Waals surface area contributed by atoms with E-state index >= 15 is 4.39 Å². The second-order valence-electron chi connectivity index (χ2n) is 7.41. The lowest BCUT2D eigenvalue weighted by Gasteiger charge is -2.39. The van der Waals surface area contributed by atoms with Crippen LogP contribution in [-0.2, 0) is 0 Å². The van der Waals surface area contributed by atoms with Crippen molar-refractivity contribution in [3.63, 3.8) is 0 Å². The van der Waals surface area contributed by atoms with E-state index in [1.165, 1.54) is 0 Å². The molecule has 1 aromatic heterocycles. The summed E-state index contributed by atoms with van der Waals surface area (Å²) in [6.07, 6.45) is 1.56. The molecule has 154 valence electrons. The molecule has 0 radical (unpaired) electrons. The number of urea groups is 1. The highest BCUT2D eigenvalue weighted by Crippen LogP contribution is 2.28. The third-order valence-corrected chi connectivity index (χ3v) is 5.30. The molecule has 29 heavy (non-hydrogen) atoms. The van der Waals surface area contributed by atoms with Crippen molar-refractivity contribution in [3.05, 3.63) is 65.9 Å². The average molecular weight is 397 g/mol. The predicted molar refractivity (Wildman–Crippen MR) is 114 cm³/mol. The highest BCUT2D eigenvalue weighted by Gasteiger charge is 2.24. The molecule has 1 aliphatic heterocycles. The van der Waals surface area contributed by atoms with E-state index in [-0.39, 0.29) is 11.7 Å². The van der Waals surface area contributed by atoms with E-state index < -0.39 is 11.8 Å². The number of halogens is 1. The van der Waals surface area contributed by atoms with Gasteiger partial charge in [-0.2, -0.15) is 0 Å². The zero-order valence-electron chi connectivity index (χ0n) is 17.2. The molecule has 7 heteroatoms. The fourth-order valence-electron chi connectivity index (χ4n) is 3.48. The van der Waals surface area contributed by atoms with Crippen molar-refractivity contribution < 1.29 is 9.18 Å². The number of nitrogens with one attached hydrogen (secondary N) is 2. The first-order valence-electron chi connectivity index (χ1n) is 9.78. The minimum Gasteiger partial charge on any atom is -0.373 e. The first kappa shape index (κ1) is 20.8. The molecule has 1 atom stereocenters. The summed E-state index contributed by atoms with van der Waals surface area (Å²) in [5.41, 5.74) is 3.20. The maximum atomic E-state index is 15.1. The number of allylic oxidation sites excluding steroid dienone is 1. The molecular weight excluding hydrogens is 369 g/mol. The Balaban J connectivity index is 1.66. The number of hydrogen-bond acceptors (Lipinski definition) is 4. The van der Waals surface area contributed by atoms with Crippen LogP contribution in [0.25, 0.3) is 0 Å². The van der Waals surface area contributed by atoms with E-state index in [9.17, 15) is 4.79 Å². The lowest BCUT2D eigenvalue weighted by atomic mass is 10.0. The van der Waals surface area contributed by atoms with Crippen LogP contribution in [0.5, 0.6) is 0 Å². The van der Waals surface area contributed by atoms with E-state index in [2.05, 4.69) is 32.0 Å². The third-order valence-electron chi connectivity index (χ3n) is 5.30. The monoisotopic (exact) mass is 397 g/mol. The van der Waals surface area contributed by atoms with Crippen molar-refractivity contribution in [2.24, 2.45) is 0 Å². The molecule has 2 amide bonds. The van der Waals surface area contributed by atoms with Crippen molar-refractivity contribution in [3.8, 4) is 0 Å². The van der Waals surface area contributed by atoms with Crippen LogP contribution in [0.15, 0.2) is 48.8 Å². The first-order valence-corrected chi connectivity index (χ1v) is 9.78. The quantitative estimate of drug-likeness (QED) is 0.786. The molecular formula is C22H28FN5O. The summed E-state index contributed by atoms with van der Waals surface area (Å²) < 4.78 is 15.1. The molecule has 1 saturated heterocycles. The van der Waals surface area contributed by atoms with Crippen molar-refractivity contribution in [2.75, 3.05) is 36.8 Å². The summed E-state index contributed by atoms with van der Waals surface area (Å²) in [4.78, 5) is 20.9. The van der Waals surface area contributed by atoms with Gasteiger partial charge in [-0.1, -0.05) is 18.7 Å². The maximum Gasteiger partial charge on any atom is 0.323 e. The summed E-state index contributed by atoms with van der Waals surface area (Å²) in [5, 5.41) is 5.27. The van der Waals surface area contributed by atoms with E-state index in [4.69, 9.17) is 0 Å². The molecule has 2 N–H and O–H groups in total. The second-order valence-corrected chi connectivity index (χ2v) is 7.41. The molecule has 6 nitrogen and oxygen atoms in total. The molecule has 0 saturated carbocycles. The first-order chi connectivity index (χ1) is 13.8. The van der Waals surface area contributed by atoms with Gasteiger partial charge in [0.15, 0.2) is 5.82 Å². The van der Waals surface area contributed by atoms with Gasteiger partial charge in [-0.3, -0.25) is 9.88 Å². The number of carbonyl (C=O) groups excluding carboxylic acids is 1. The number of piperazine rings is 1. The molecule has 0 bridgehead atoms. The Morgan fingerprint density at radius 3 is 2.52 bits per heavy atom. The minimum atomic E-state index is -0.505. The normalized spacial score (nSPS) is 15.7. The molecule has 0 aliphatic carbocycles. The lowest BCUT2D eigenvalue weighted by molar-refractivity contribution is 0.121. The molecule has 0 spiro atoms. The number of amides is 2. The van der Waals surface area contributed by atoms with E-state index in [1.54, 1.807) is 36.5 Å². The Labute approximate surface area is 171 Å². The third kappa shape index (κ3) is 5.12. The Kier molecular flexibility index (Phi) is 6.49. The maximum absolute atomic E-state index is 15.1. The van der Waals surface area contributed by atoms with Crippen LogP contribution < -0.4 is 10.6 Å². The Morgan fingerprint density at radius 2 is 1.90 bits per heavy atom. The summed E-state index contributed by atoms with van der Waals surface area (Å²) in [5.74, 6) is -0.403. The van der Waals surface area contributed by atoms with Gasteiger partial charge in [-0.05, 0) is 39.0 Å². The number of anilines is 2. The zero-order chi connectivity index (χ0) is 21.0. The standard InChI is InChI=1S/C22H28FN5O/c1-15(2)27-10-12-28(13-11-27)17(4)19-6-5-7-20(21(19)23)26-22(29)25-18-9-8-16(3)24-14-18/h5-9,14,17H,1,10-13H2,2-4H3,(H2,25,26,29)/t17-/m0/s1. The minimum absolute atomic E-state index is 0.0895. The topological polar surface area (TPSA) is 60.5 Å². The highest BCUT2D eigenvalue weighted by molar-refractivity contribution is 5.99. The van der Waals surface area contributed by atoms with Crippen molar-refractivity contribution in [2.45, 2.75) is 26.8 Å². The van der Waals surface area contributed by atoms with Gasteiger partial charge in [0.05, 0.1) is 17.6 Å². The number of hydrogen-bond donors (Lipinski definition) is 2. The number of carbonyl (C=O) groups is 1. The predicted octanol–water partition coefficient (Wildman–Crippen LogP) is 4.39. The van der Waals surface area contributed by atoms with Crippen LogP contribution in [0.3, 0.4) is 0 Å². The number of aromatic nitrogens is 1. The lowest BCUT2D eigenvalue weighted by Crippen LogP contribution is -2.46. The van der Waals surface area contributed by atoms with Gasteiger partial charge < -0.3 is 15.5 Å². The summed E-state index contributed by atoms with van der Waals surface area (Å²) in [7, 11) is 0. The van der Waals surface area contributed by atoms with E-state index in [0.717, 1.165) is 37.6 Å². The largest absolute Gasteiger partial charge is 0.373 e. The van der Waals surface area contributed by atoms with Gasteiger partial charge in [0.25, 0.3) is 0 Å². The second kappa shape index (κ2) is 9.05. The smallest absolute Gasteiger partial charge is 0.323 e. The van der Waals surface area contributed by atoms with Crippen LogP contribution in [-0.4, -0.2) is 47.0 Å². The van der Waals surface area contributed by atoms with Crippen LogP contribution in [0.4, 0.5) is 20.6 Å². The van der Waals surface area contributed by atoms with Crippen LogP contribution in [0.2, 0.25) is 0 Å². The number of aryl methyl sites for hydroxylation is 1. The van der Waals surface area contributed by atoms with Crippen LogP contribution in [0, 0.1) is 12.7 Å². The van der Waals surface area contributed by atoms with E-state index in [0.29, 0.717) is 11.3 Å². The summed E-state index contributed by atoms with van der Waals surface area (Å²) in [6.45, 7) is 13.3. The molecule has 1 fully saturated rings. The van der Waals surface area contributed by atoms with Gasteiger partial charge in [-0.15, -0.1) is 0 Å². The molecule has 1 aromatic carbocycles. The summed E-state index contributed by atoms with van der Waals surface area (Å²) in [6, 6.07) is 8.06. The molecule has 3 rings (SSSR count). The highest BCUT2D eigenvalue weighted by atomic mass is 19.1. The summed E-state index contributed by atoms with van der Waals surface area (Å²) >= 11 is 0. The number of rotatable bonds is 5. The van der Waals surface area contributed by atoms with Gasteiger partial charge in [0.2, 0.25) is 0 Å². The van der Waals surface area contributed by atoms with Crippen molar-refractivity contribution >= 4 is 17.4 Å². The SMILES string of the molecule is C=C(C)N1CCN([C@@H](C)c2cccc(NC(=O)Nc3ccc(C)nc3)c2F)CC1. The van der Waals surface area contributed by atoms with Crippen LogP contribution in [0.1, 0.15) is 31.1 Å². The molecule has 0 unspecified atom stereocenters. The Morgan fingerprint density at radius 1 is 1.17 bits per heavy atom. The Hall–Kier alpha value is -2.93. The fraction of sp³-hybridized carbons (Fsp3) is 0.364. The fourth-order valence-corrected chi connectivity index (χ4v) is 3.48. The molecule has 2 heterocycles. The van der Waals surface area contributed by atoms with Gasteiger partial charge in [-0.25, -0.2) is 9.18 Å². The number of benzene rings is 1.